The minimum absolute atomic E-state index is 0.0339. The molecule has 1 aliphatic carbocycles. The number of hydrogen-bond acceptors (Lipinski definition) is 3. The molecule has 108 valence electrons. The molecule has 4 nitrogen and oxygen atoms in total. The van der Waals surface area contributed by atoms with Crippen molar-refractivity contribution >= 4 is 10.0 Å². The van der Waals surface area contributed by atoms with Crippen LogP contribution in [0.5, 0.6) is 0 Å². The molecule has 18 heavy (non-hydrogen) atoms. The van der Waals surface area contributed by atoms with Crippen molar-refractivity contribution in [3.63, 3.8) is 0 Å². The highest BCUT2D eigenvalue weighted by atomic mass is 32.2. The summed E-state index contributed by atoms with van der Waals surface area (Å²) in [5.41, 5.74) is 0.384. The van der Waals surface area contributed by atoms with Gasteiger partial charge in [-0.15, -0.1) is 0 Å². The fourth-order valence-electron chi connectivity index (χ4n) is 2.78. The van der Waals surface area contributed by atoms with Gasteiger partial charge in [-0.25, -0.2) is 13.6 Å². The normalized spacial score (nSPS) is 26.9. The van der Waals surface area contributed by atoms with Crippen LogP contribution in [-0.4, -0.2) is 26.8 Å². The molecule has 3 N–H and O–H groups in total. The third-order valence-corrected chi connectivity index (χ3v) is 4.79. The minimum Gasteiger partial charge on any atom is -0.313 e. The molecule has 0 heterocycles. The van der Waals surface area contributed by atoms with E-state index >= 15 is 0 Å². The molecule has 2 atom stereocenters. The maximum Gasteiger partial charge on any atom is 0.210 e. The predicted molar refractivity (Wildman–Crippen MR) is 75.8 cm³/mol. The quantitative estimate of drug-likeness (QED) is 0.770. The highest BCUT2D eigenvalue weighted by Crippen LogP contribution is 2.36. The molecule has 1 saturated carbocycles. The van der Waals surface area contributed by atoms with Gasteiger partial charge in [0.2, 0.25) is 10.0 Å². The Morgan fingerprint density at radius 1 is 1.17 bits per heavy atom. The van der Waals surface area contributed by atoms with E-state index in [0.717, 1.165) is 18.8 Å². The zero-order valence-electron chi connectivity index (χ0n) is 11.9. The van der Waals surface area contributed by atoms with Crippen molar-refractivity contribution in [2.75, 3.05) is 12.3 Å². The lowest BCUT2D eigenvalue weighted by Gasteiger charge is -2.29. The van der Waals surface area contributed by atoms with Gasteiger partial charge < -0.3 is 5.32 Å². The number of nitrogens with two attached hydrogens (primary N) is 1. The van der Waals surface area contributed by atoms with Crippen LogP contribution in [0.15, 0.2) is 0 Å². The van der Waals surface area contributed by atoms with Gasteiger partial charge in [0, 0.05) is 12.6 Å². The molecule has 0 spiro atoms. The molecule has 0 radical (unpaired) electrons. The third-order valence-electron chi connectivity index (χ3n) is 4.01. The Hall–Kier alpha value is -0.130. The van der Waals surface area contributed by atoms with Gasteiger partial charge in [-0.1, -0.05) is 27.2 Å². The highest BCUT2D eigenvalue weighted by molar-refractivity contribution is 7.89. The molecule has 0 saturated heterocycles. The van der Waals surface area contributed by atoms with Crippen molar-refractivity contribution in [2.45, 2.75) is 58.9 Å². The van der Waals surface area contributed by atoms with Gasteiger partial charge in [-0.05, 0) is 37.0 Å². The topological polar surface area (TPSA) is 72.2 Å². The molecule has 0 amide bonds. The van der Waals surface area contributed by atoms with E-state index in [4.69, 9.17) is 5.14 Å². The van der Waals surface area contributed by atoms with E-state index in [2.05, 4.69) is 26.1 Å². The number of sulfonamides is 1. The fourth-order valence-corrected chi connectivity index (χ4v) is 3.18. The summed E-state index contributed by atoms with van der Waals surface area (Å²) in [5.74, 6) is 0.814. The van der Waals surface area contributed by atoms with E-state index in [0.29, 0.717) is 18.0 Å². The predicted octanol–water partition coefficient (Wildman–Crippen LogP) is 1.86. The summed E-state index contributed by atoms with van der Waals surface area (Å²) in [6, 6.07) is 0.457. The number of nitrogens with one attached hydrogen (secondary N) is 1. The first-order chi connectivity index (χ1) is 8.18. The van der Waals surface area contributed by atoms with Gasteiger partial charge >= 0.3 is 0 Å². The molecule has 0 bridgehead atoms. The van der Waals surface area contributed by atoms with E-state index in [1.807, 2.05) is 0 Å². The third kappa shape index (κ3) is 6.16. The maximum atomic E-state index is 10.9. The van der Waals surface area contributed by atoms with Crippen LogP contribution in [0.2, 0.25) is 0 Å². The summed E-state index contributed by atoms with van der Waals surface area (Å²) in [5, 5.41) is 8.32. The summed E-state index contributed by atoms with van der Waals surface area (Å²) >= 11 is 0. The van der Waals surface area contributed by atoms with Gasteiger partial charge in [-0.3, -0.25) is 0 Å². The van der Waals surface area contributed by atoms with Gasteiger partial charge in [0.1, 0.15) is 0 Å². The van der Waals surface area contributed by atoms with E-state index in [1.165, 1.54) is 19.3 Å². The Balaban J connectivity index is 2.34. The molecule has 0 aromatic carbocycles. The van der Waals surface area contributed by atoms with Crippen LogP contribution >= 0.6 is 0 Å². The zero-order chi connectivity index (χ0) is 13.8. The van der Waals surface area contributed by atoms with E-state index in [9.17, 15) is 8.42 Å². The van der Waals surface area contributed by atoms with Crippen LogP contribution in [-0.2, 0) is 10.0 Å². The molecule has 1 fully saturated rings. The first-order valence-corrected chi connectivity index (χ1v) is 8.64. The fraction of sp³-hybridized carbons (Fsp3) is 1.00. The van der Waals surface area contributed by atoms with Crippen LogP contribution in [0.3, 0.4) is 0 Å². The molecule has 0 aromatic heterocycles. The maximum absolute atomic E-state index is 10.9. The summed E-state index contributed by atoms with van der Waals surface area (Å²) in [4.78, 5) is 0. The van der Waals surface area contributed by atoms with Gasteiger partial charge in [0.15, 0.2) is 0 Å². The molecule has 0 aliphatic heterocycles. The Kier molecular flexibility index (Phi) is 5.62. The van der Waals surface area contributed by atoms with E-state index < -0.39 is 10.0 Å². The summed E-state index contributed by atoms with van der Waals surface area (Å²) in [7, 11) is -3.33. The zero-order valence-corrected chi connectivity index (χ0v) is 12.7. The molecular formula is C13H28N2O2S. The lowest BCUT2D eigenvalue weighted by molar-refractivity contribution is 0.213. The first kappa shape index (κ1) is 15.9. The smallest absolute Gasteiger partial charge is 0.210 e. The largest absolute Gasteiger partial charge is 0.313 e. The van der Waals surface area contributed by atoms with E-state index in [1.54, 1.807) is 0 Å². The Labute approximate surface area is 112 Å². The monoisotopic (exact) mass is 276 g/mol. The average Bonchev–Trinajstić information content (AvgIpc) is 2.40. The molecule has 5 heteroatoms. The van der Waals surface area contributed by atoms with E-state index in [-0.39, 0.29) is 5.75 Å². The summed E-state index contributed by atoms with van der Waals surface area (Å²) < 4.78 is 21.7. The Bertz CT molecular complexity index is 346. The number of rotatable bonds is 4. The average molecular weight is 276 g/mol. The minimum atomic E-state index is -3.33. The van der Waals surface area contributed by atoms with Gasteiger partial charge in [0.25, 0.3) is 0 Å². The lowest BCUT2D eigenvalue weighted by atomic mass is 9.76. The van der Waals surface area contributed by atoms with Crippen molar-refractivity contribution in [3.05, 3.63) is 0 Å². The molecule has 2 unspecified atom stereocenters. The van der Waals surface area contributed by atoms with Crippen LogP contribution < -0.4 is 10.5 Å². The Morgan fingerprint density at radius 2 is 1.83 bits per heavy atom. The van der Waals surface area contributed by atoms with Crippen molar-refractivity contribution < 1.29 is 8.42 Å². The standard InChI is InChI=1S/C13H28N2O2S/c1-13(2,3)11-5-4-6-12(8-7-11)15-9-10-18(14,16)17/h11-12,15H,4-10H2,1-3H3,(H2,14,16,17). The van der Waals surface area contributed by atoms with Crippen molar-refractivity contribution in [3.8, 4) is 0 Å². The SMILES string of the molecule is CC(C)(C)C1CCCC(NCCS(N)(=O)=O)CC1. The number of primary sulfonamides is 1. The van der Waals surface area contributed by atoms with Crippen molar-refractivity contribution in [1.29, 1.82) is 0 Å². The van der Waals surface area contributed by atoms with Crippen LogP contribution in [0.1, 0.15) is 52.9 Å². The molecular weight excluding hydrogens is 248 g/mol. The first-order valence-electron chi connectivity index (χ1n) is 6.92. The van der Waals surface area contributed by atoms with Crippen LogP contribution in [0.4, 0.5) is 0 Å². The highest BCUT2D eigenvalue weighted by Gasteiger charge is 2.27. The molecule has 1 rings (SSSR count). The van der Waals surface area contributed by atoms with Crippen LogP contribution in [0, 0.1) is 11.3 Å². The second kappa shape index (κ2) is 6.35. The number of hydrogen-bond donors (Lipinski definition) is 2. The summed E-state index contributed by atoms with van der Waals surface area (Å²) in [6.07, 6.45) is 6.05. The Morgan fingerprint density at radius 3 is 2.39 bits per heavy atom. The molecule has 1 aliphatic rings. The second-order valence-electron chi connectivity index (χ2n) is 6.59. The second-order valence-corrected chi connectivity index (χ2v) is 8.32. The van der Waals surface area contributed by atoms with Gasteiger partial charge in [0.05, 0.1) is 5.75 Å². The van der Waals surface area contributed by atoms with Crippen molar-refractivity contribution in [1.82, 2.24) is 5.32 Å². The summed E-state index contributed by atoms with van der Waals surface area (Å²) in [6.45, 7) is 7.41. The van der Waals surface area contributed by atoms with Crippen molar-refractivity contribution in [2.24, 2.45) is 16.5 Å². The lowest BCUT2D eigenvalue weighted by Crippen LogP contribution is -2.34. The van der Waals surface area contributed by atoms with Gasteiger partial charge in [-0.2, -0.15) is 0 Å². The molecule has 0 aromatic rings. The van der Waals surface area contributed by atoms with Crippen LogP contribution in [0.25, 0.3) is 0 Å².